The molecular formula is C27H35N3O6. The first-order chi connectivity index (χ1) is 17.2. The molecule has 0 aliphatic carbocycles. The Morgan fingerprint density at radius 3 is 2.47 bits per heavy atom. The molecule has 3 atom stereocenters. The molecule has 0 bridgehead atoms. The predicted octanol–water partition coefficient (Wildman–Crippen LogP) is 2.92. The van der Waals surface area contributed by atoms with E-state index in [1.54, 1.807) is 54.3 Å². The number of carbonyl (C=O) groups excluding carboxylic acids is 3. The van der Waals surface area contributed by atoms with Crippen LogP contribution in [0.1, 0.15) is 34.6 Å². The van der Waals surface area contributed by atoms with Crippen LogP contribution >= 0.6 is 0 Å². The van der Waals surface area contributed by atoms with E-state index in [0.717, 1.165) is 0 Å². The van der Waals surface area contributed by atoms with Crippen LogP contribution in [0.25, 0.3) is 0 Å². The fourth-order valence-electron chi connectivity index (χ4n) is 4.21. The number of ether oxygens (including phenoxy) is 3. The van der Waals surface area contributed by atoms with Gasteiger partial charge in [0.15, 0.2) is 0 Å². The van der Waals surface area contributed by atoms with Gasteiger partial charge >= 0.3 is 0 Å². The zero-order chi connectivity index (χ0) is 26.2. The van der Waals surface area contributed by atoms with Crippen LogP contribution in [-0.2, 0) is 14.3 Å². The van der Waals surface area contributed by atoms with Gasteiger partial charge in [-0.15, -0.1) is 0 Å². The quantitative estimate of drug-likeness (QED) is 0.682. The zero-order valence-corrected chi connectivity index (χ0v) is 21.5. The number of likely N-dealkylation sites (N-methyl/N-ethyl adjacent to an activating group) is 1. The maximum absolute atomic E-state index is 13.4. The number of fused-ring (bicyclic) bond motifs is 1. The number of amides is 3. The van der Waals surface area contributed by atoms with E-state index in [0.29, 0.717) is 35.7 Å². The molecule has 0 spiro atoms. The number of carbonyl (C=O) groups is 3. The van der Waals surface area contributed by atoms with E-state index in [2.05, 4.69) is 5.32 Å². The molecule has 2 aromatic rings. The molecule has 0 aromatic heterocycles. The van der Waals surface area contributed by atoms with E-state index in [9.17, 15) is 14.4 Å². The Morgan fingerprint density at radius 2 is 1.81 bits per heavy atom. The van der Waals surface area contributed by atoms with Crippen LogP contribution in [-0.4, -0.2) is 87.2 Å². The Balaban J connectivity index is 1.96. The smallest absolute Gasteiger partial charge is 0.257 e. The Labute approximate surface area is 212 Å². The molecule has 9 nitrogen and oxygen atoms in total. The van der Waals surface area contributed by atoms with E-state index < -0.39 is 0 Å². The van der Waals surface area contributed by atoms with Crippen molar-refractivity contribution in [2.24, 2.45) is 5.92 Å². The maximum atomic E-state index is 13.4. The zero-order valence-electron chi connectivity index (χ0n) is 21.5. The molecule has 36 heavy (non-hydrogen) atoms. The standard InChI is InChI=1S/C27H35N3O6/c1-18-14-30(26(32)20-9-7-6-8-10-20)19(2)16-36-23-12-11-21(28-25(31)17-34-4)13-22(23)27(33)29(3)15-24(18)35-5/h6-13,18-19,24H,14-17H2,1-5H3,(H,28,31)/t18-,19-,24+/m0/s1. The lowest BCUT2D eigenvalue weighted by atomic mass is 10.0. The Kier molecular flexibility index (Phi) is 9.44. The van der Waals surface area contributed by atoms with Crippen molar-refractivity contribution < 1.29 is 28.6 Å². The minimum atomic E-state index is -0.329. The molecule has 0 fully saturated rings. The van der Waals surface area contributed by atoms with E-state index in [1.165, 1.54) is 7.11 Å². The lowest BCUT2D eigenvalue weighted by Crippen LogP contribution is -2.48. The topological polar surface area (TPSA) is 97.4 Å². The Bertz CT molecular complexity index is 1060. The largest absolute Gasteiger partial charge is 0.491 e. The van der Waals surface area contributed by atoms with Crippen LogP contribution < -0.4 is 10.1 Å². The second kappa shape index (κ2) is 12.5. The van der Waals surface area contributed by atoms with E-state index >= 15 is 0 Å². The molecule has 0 saturated carbocycles. The summed E-state index contributed by atoms with van der Waals surface area (Å²) >= 11 is 0. The van der Waals surface area contributed by atoms with Crippen molar-refractivity contribution in [3.05, 3.63) is 59.7 Å². The molecule has 1 aliphatic heterocycles. The number of anilines is 1. The molecule has 1 N–H and O–H groups in total. The molecule has 2 aromatic carbocycles. The number of hydrogen-bond donors (Lipinski definition) is 1. The fraction of sp³-hybridized carbons (Fsp3) is 0.444. The van der Waals surface area contributed by atoms with Crippen molar-refractivity contribution in [1.82, 2.24) is 9.80 Å². The Morgan fingerprint density at radius 1 is 1.08 bits per heavy atom. The number of nitrogens with one attached hydrogen (secondary N) is 1. The van der Waals surface area contributed by atoms with Crippen molar-refractivity contribution in [3.8, 4) is 5.75 Å². The van der Waals surface area contributed by atoms with Gasteiger partial charge in [-0.3, -0.25) is 14.4 Å². The van der Waals surface area contributed by atoms with Crippen LogP contribution in [0, 0.1) is 5.92 Å². The van der Waals surface area contributed by atoms with Crippen LogP contribution in [0.2, 0.25) is 0 Å². The van der Waals surface area contributed by atoms with Crippen LogP contribution in [0.15, 0.2) is 48.5 Å². The average molecular weight is 498 g/mol. The normalized spacial score (nSPS) is 21.0. The van der Waals surface area contributed by atoms with Crippen molar-refractivity contribution in [2.75, 3.05) is 52.9 Å². The number of benzene rings is 2. The van der Waals surface area contributed by atoms with Gasteiger partial charge in [0, 0.05) is 51.5 Å². The van der Waals surface area contributed by atoms with Gasteiger partial charge in [0.05, 0.1) is 17.7 Å². The number of nitrogens with zero attached hydrogens (tertiary/aromatic N) is 2. The molecule has 3 amide bonds. The Hall–Kier alpha value is -3.43. The summed E-state index contributed by atoms with van der Waals surface area (Å²) in [6, 6.07) is 13.8. The monoisotopic (exact) mass is 497 g/mol. The van der Waals surface area contributed by atoms with Crippen LogP contribution in [0.5, 0.6) is 5.75 Å². The molecule has 0 radical (unpaired) electrons. The average Bonchev–Trinajstić information content (AvgIpc) is 2.88. The summed E-state index contributed by atoms with van der Waals surface area (Å²) in [6.45, 7) is 4.77. The van der Waals surface area contributed by atoms with Gasteiger partial charge in [-0.2, -0.15) is 0 Å². The molecule has 9 heteroatoms. The fourth-order valence-corrected chi connectivity index (χ4v) is 4.21. The van der Waals surface area contributed by atoms with Gasteiger partial charge in [0.2, 0.25) is 5.91 Å². The third-order valence-electron chi connectivity index (χ3n) is 6.29. The van der Waals surface area contributed by atoms with E-state index in [4.69, 9.17) is 14.2 Å². The van der Waals surface area contributed by atoms with Crippen LogP contribution in [0.3, 0.4) is 0 Å². The third kappa shape index (κ3) is 6.61. The van der Waals surface area contributed by atoms with Crippen molar-refractivity contribution >= 4 is 23.4 Å². The maximum Gasteiger partial charge on any atom is 0.257 e. The summed E-state index contributed by atoms with van der Waals surface area (Å²) in [5, 5.41) is 2.72. The van der Waals surface area contributed by atoms with Crippen molar-refractivity contribution in [1.29, 1.82) is 0 Å². The van der Waals surface area contributed by atoms with Crippen molar-refractivity contribution in [3.63, 3.8) is 0 Å². The molecule has 1 heterocycles. The van der Waals surface area contributed by atoms with Gasteiger partial charge in [0.1, 0.15) is 19.0 Å². The minimum absolute atomic E-state index is 0.0566. The number of methoxy groups -OCH3 is 2. The van der Waals surface area contributed by atoms with Gasteiger partial charge in [-0.1, -0.05) is 25.1 Å². The van der Waals surface area contributed by atoms with Gasteiger partial charge in [-0.05, 0) is 37.3 Å². The highest BCUT2D eigenvalue weighted by atomic mass is 16.5. The highest BCUT2D eigenvalue weighted by molar-refractivity contribution is 5.99. The summed E-state index contributed by atoms with van der Waals surface area (Å²) in [5.41, 5.74) is 1.37. The van der Waals surface area contributed by atoms with Gasteiger partial charge in [0.25, 0.3) is 11.8 Å². The summed E-state index contributed by atoms with van der Waals surface area (Å²) in [6.07, 6.45) is -0.300. The summed E-state index contributed by atoms with van der Waals surface area (Å²) in [5.74, 6) is -0.361. The lowest BCUT2D eigenvalue weighted by molar-refractivity contribution is -0.119. The summed E-state index contributed by atoms with van der Waals surface area (Å²) < 4.78 is 16.7. The molecule has 0 saturated heterocycles. The molecule has 3 rings (SSSR count). The first-order valence-electron chi connectivity index (χ1n) is 11.9. The molecular weight excluding hydrogens is 462 g/mol. The predicted molar refractivity (Wildman–Crippen MR) is 136 cm³/mol. The minimum Gasteiger partial charge on any atom is -0.491 e. The second-order valence-corrected chi connectivity index (χ2v) is 9.11. The van der Waals surface area contributed by atoms with Gasteiger partial charge < -0.3 is 29.3 Å². The third-order valence-corrected chi connectivity index (χ3v) is 6.29. The summed E-state index contributed by atoms with van der Waals surface area (Å²) in [4.78, 5) is 42.2. The SMILES string of the molecule is COCC(=O)Nc1ccc2c(c1)C(=O)N(C)C[C@@H](OC)[C@@H](C)CN(C(=O)c1ccccc1)[C@@H](C)CO2. The number of hydrogen-bond acceptors (Lipinski definition) is 6. The second-order valence-electron chi connectivity index (χ2n) is 9.11. The summed E-state index contributed by atoms with van der Waals surface area (Å²) in [7, 11) is 4.74. The molecule has 0 unspecified atom stereocenters. The highest BCUT2D eigenvalue weighted by Gasteiger charge is 2.30. The first kappa shape index (κ1) is 27.2. The lowest BCUT2D eigenvalue weighted by Gasteiger charge is -2.36. The van der Waals surface area contributed by atoms with Crippen LogP contribution in [0.4, 0.5) is 5.69 Å². The van der Waals surface area contributed by atoms with E-state index in [-0.39, 0.29) is 49.0 Å². The van der Waals surface area contributed by atoms with Gasteiger partial charge in [-0.25, -0.2) is 0 Å². The van der Waals surface area contributed by atoms with Crippen molar-refractivity contribution in [2.45, 2.75) is 26.0 Å². The molecule has 194 valence electrons. The molecule has 1 aliphatic rings. The first-order valence-corrected chi connectivity index (χ1v) is 11.9. The number of rotatable bonds is 5. The van der Waals surface area contributed by atoms with E-state index in [1.807, 2.05) is 32.0 Å². The highest BCUT2D eigenvalue weighted by Crippen LogP contribution is 2.27.